The Morgan fingerprint density at radius 2 is 2.10 bits per heavy atom. The summed E-state index contributed by atoms with van der Waals surface area (Å²) >= 11 is 5.79. The second kappa shape index (κ2) is 5.92. The Kier molecular flexibility index (Phi) is 4.25. The number of halogens is 1. The van der Waals surface area contributed by atoms with Gasteiger partial charge < -0.3 is 11.1 Å². The number of pyridine rings is 1. The van der Waals surface area contributed by atoms with Gasteiger partial charge in [-0.05, 0) is 31.0 Å². The second-order valence-electron chi connectivity index (χ2n) is 4.65. The van der Waals surface area contributed by atoms with Crippen LogP contribution in [0, 0.1) is 6.92 Å². The molecule has 0 fully saturated rings. The van der Waals surface area contributed by atoms with Crippen molar-refractivity contribution in [2.24, 2.45) is 0 Å². The molecule has 5 heteroatoms. The topological polar surface area (TPSA) is 68.0 Å². The van der Waals surface area contributed by atoms with E-state index in [4.69, 9.17) is 17.3 Å². The number of amides is 1. The number of nitrogens with two attached hydrogens (primary N) is 1. The maximum absolute atomic E-state index is 12.2. The minimum absolute atomic E-state index is 0.116. The number of nitrogens with one attached hydrogen (secondary N) is 1. The maximum Gasteiger partial charge on any atom is 0.254 e. The molecule has 1 atom stereocenters. The molecule has 2 rings (SSSR count). The van der Waals surface area contributed by atoms with Gasteiger partial charge in [0.15, 0.2) is 0 Å². The summed E-state index contributed by atoms with van der Waals surface area (Å²) in [7, 11) is 0. The van der Waals surface area contributed by atoms with Crippen LogP contribution in [-0.4, -0.2) is 10.9 Å². The summed E-state index contributed by atoms with van der Waals surface area (Å²) in [5.74, 6) is -0.262. The van der Waals surface area contributed by atoms with Crippen molar-refractivity contribution < 1.29 is 4.79 Å². The van der Waals surface area contributed by atoms with Crippen molar-refractivity contribution in [1.82, 2.24) is 10.3 Å². The maximum atomic E-state index is 12.2. The average molecular weight is 290 g/mol. The first kappa shape index (κ1) is 14.3. The monoisotopic (exact) mass is 289 g/mol. The van der Waals surface area contributed by atoms with Gasteiger partial charge in [0.25, 0.3) is 5.91 Å². The van der Waals surface area contributed by atoms with Crippen LogP contribution in [0.15, 0.2) is 36.5 Å². The number of carbonyl (C=O) groups excluding carboxylic acids is 1. The fourth-order valence-corrected chi connectivity index (χ4v) is 2.22. The van der Waals surface area contributed by atoms with Crippen LogP contribution >= 0.6 is 11.6 Å². The number of nitrogens with zero attached hydrogens (tertiary/aromatic N) is 1. The SMILES string of the molecule is Cc1ccccc1C(C)NC(=O)c1cc(Cl)ncc1N. The third-order valence-electron chi connectivity index (χ3n) is 3.15. The van der Waals surface area contributed by atoms with Crippen LogP contribution in [0.1, 0.15) is 34.5 Å². The lowest BCUT2D eigenvalue weighted by Crippen LogP contribution is -2.27. The Hall–Kier alpha value is -2.07. The van der Waals surface area contributed by atoms with Crippen molar-refractivity contribution in [3.8, 4) is 0 Å². The zero-order valence-corrected chi connectivity index (χ0v) is 12.1. The van der Waals surface area contributed by atoms with E-state index in [1.165, 1.54) is 12.3 Å². The number of aryl methyl sites for hydroxylation is 1. The molecule has 1 unspecified atom stereocenters. The summed E-state index contributed by atoms with van der Waals surface area (Å²) < 4.78 is 0. The molecule has 0 radical (unpaired) electrons. The van der Waals surface area contributed by atoms with E-state index in [-0.39, 0.29) is 17.1 Å². The number of hydrogen-bond donors (Lipinski definition) is 2. The quantitative estimate of drug-likeness (QED) is 0.853. The largest absolute Gasteiger partial charge is 0.397 e. The number of benzene rings is 1. The van der Waals surface area contributed by atoms with Crippen LogP contribution in [0.4, 0.5) is 5.69 Å². The normalized spacial score (nSPS) is 11.9. The molecule has 1 amide bonds. The van der Waals surface area contributed by atoms with E-state index in [1.807, 2.05) is 38.1 Å². The molecule has 0 saturated carbocycles. The van der Waals surface area contributed by atoms with Crippen molar-refractivity contribution in [3.63, 3.8) is 0 Å². The fourth-order valence-electron chi connectivity index (χ4n) is 2.06. The Labute approximate surface area is 123 Å². The van der Waals surface area contributed by atoms with E-state index in [0.29, 0.717) is 11.3 Å². The van der Waals surface area contributed by atoms with Gasteiger partial charge in [0.05, 0.1) is 23.5 Å². The van der Waals surface area contributed by atoms with Crippen LogP contribution in [0.25, 0.3) is 0 Å². The molecule has 20 heavy (non-hydrogen) atoms. The molecule has 104 valence electrons. The van der Waals surface area contributed by atoms with Gasteiger partial charge >= 0.3 is 0 Å². The van der Waals surface area contributed by atoms with Gasteiger partial charge in [-0.3, -0.25) is 4.79 Å². The van der Waals surface area contributed by atoms with Gasteiger partial charge in [-0.15, -0.1) is 0 Å². The van der Waals surface area contributed by atoms with Crippen LogP contribution in [0.3, 0.4) is 0 Å². The number of carbonyl (C=O) groups is 1. The van der Waals surface area contributed by atoms with Crippen molar-refractivity contribution in [2.75, 3.05) is 5.73 Å². The van der Waals surface area contributed by atoms with E-state index in [2.05, 4.69) is 10.3 Å². The van der Waals surface area contributed by atoms with E-state index >= 15 is 0 Å². The number of rotatable bonds is 3. The highest BCUT2D eigenvalue weighted by Gasteiger charge is 2.15. The summed E-state index contributed by atoms with van der Waals surface area (Å²) in [4.78, 5) is 16.1. The molecule has 0 spiro atoms. The van der Waals surface area contributed by atoms with Crippen LogP contribution < -0.4 is 11.1 Å². The molecule has 1 heterocycles. The summed E-state index contributed by atoms with van der Waals surface area (Å²) in [6, 6.07) is 9.27. The van der Waals surface area contributed by atoms with Gasteiger partial charge in [-0.1, -0.05) is 35.9 Å². The zero-order chi connectivity index (χ0) is 14.7. The Bertz CT molecular complexity index is 643. The molecule has 4 nitrogen and oxygen atoms in total. The summed E-state index contributed by atoms with van der Waals surface area (Å²) in [6.45, 7) is 3.94. The fraction of sp³-hybridized carbons (Fsp3) is 0.200. The highest BCUT2D eigenvalue weighted by Crippen LogP contribution is 2.19. The molecule has 1 aromatic heterocycles. The smallest absolute Gasteiger partial charge is 0.254 e. The van der Waals surface area contributed by atoms with E-state index in [9.17, 15) is 4.79 Å². The highest BCUT2D eigenvalue weighted by atomic mass is 35.5. The third-order valence-corrected chi connectivity index (χ3v) is 3.36. The second-order valence-corrected chi connectivity index (χ2v) is 5.03. The average Bonchev–Trinajstić information content (AvgIpc) is 2.41. The number of anilines is 1. The standard InChI is InChI=1S/C15H16ClN3O/c1-9-5-3-4-6-11(9)10(2)19-15(20)12-7-14(16)18-8-13(12)17/h3-8,10H,17H2,1-2H3,(H,19,20). The van der Waals surface area contributed by atoms with Gasteiger partial charge in [0.2, 0.25) is 0 Å². The lowest BCUT2D eigenvalue weighted by molar-refractivity contribution is 0.0940. The van der Waals surface area contributed by atoms with Crippen molar-refractivity contribution in [3.05, 3.63) is 58.4 Å². The third kappa shape index (κ3) is 3.08. The summed E-state index contributed by atoms with van der Waals surface area (Å²) in [5, 5.41) is 3.16. The molecule has 0 aliphatic heterocycles. The van der Waals surface area contributed by atoms with Crippen molar-refractivity contribution in [2.45, 2.75) is 19.9 Å². The minimum atomic E-state index is -0.262. The number of hydrogen-bond acceptors (Lipinski definition) is 3. The minimum Gasteiger partial charge on any atom is -0.397 e. The van der Waals surface area contributed by atoms with E-state index in [1.54, 1.807) is 0 Å². The van der Waals surface area contributed by atoms with Crippen LogP contribution in [0.5, 0.6) is 0 Å². The van der Waals surface area contributed by atoms with Crippen molar-refractivity contribution >= 4 is 23.2 Å². The van der Waals surface area contributed by atoms with Crippen LogP contribution in [0.2, 0.25) is 5.15 Å². The zero-order valence-electron chi connectivity index (χ0n) is 11.4. The Balaban J connectivity index is 2.20. The Morgan fingerprint density at radius 1 is 1.40 bits per heavy atom. The van der Waals surface area contributed by atoms with Gasteiger partial charge in [0, 0.05) is 0 Å². The van der Waals surface area contributed by atoms with Gasteiger partial charge in [-0.2, -0.15) is 0 Å². The van der Waals surface area contributed by atoms with E-state index < -0.39 is 0 Å². The molecule has 3 N–H and O–H groups in total. The molecular weight excluding hydrogens is 274 g/mol. The number of nitrogen functional groups attached to an aromatic ring is 1. The highest BCUT2D eigenvalue weighted by molar-refractivity contribution is 6.29. The lowest BCUT2D eigenvalue weighted by atomic mass is 10.0. The predicted octanol–water partition coefficient (Wildman–Crippen LogP) is 3.12. The summed E-state index contributed by atoms with van der Waals surface area (Å²) in [6.07, 6.45) is 1.38. The molecular formula is C15H16ClN3O. The first-order chi connectivity index (χ1) is 9.49. The van der Waals surface area contributed by atoms with E-state index in [0.717, 1.165) is 11.1 Å². The number of aromatic nitrogens is 1. The van der Waals surface area contributed by atoms with Gasteiger partial charge in [-0.25, -0.2) is 4.98 Å². The molecule has 0 saturated heterocycles. The summed E-state index contributed by atoms with van der Waals surface area (Å²) in [5.41, 5.74) is 8.60. The molecule has 2 aromatic rings. The lowest BCUT2D eigenvalue weighted by Gasteiger charge is -2.17. The molecule has 0 bridgehead atoms. The molecule has 0 aliphatic rings. The van der Waals surface area contributed by atoms with Gasteiger partial charge in [0.1, 0.15) is 5.15 Å². The first-order valence-electron chi connectivity index (χ1n) is 6.26. The first-order valence-corrected chi connectivity index (χ1v) is 6.64. The van der Waals surface area contributed by atoms with Crippen LogP contribution in [-0.2, 0) is 0 Å². The predicted molar refractivity (Wildman–Crippen MR) is 80.7 cm³/mol. The Morgan fingerprint density at radius 3 is 2.80 bits per heavy atom. The van der Waals surface area contributed by atoms with Crippen molar-refractivity contribution in [1.29, 1.82) is 0 Å². The molecule has 0 aliphatic carbocycles. The molecule has 1 aromatic carbocycles.